The maximum atomic E-state index is 10.7. The van der Waals surface area contributed by atoms with Crippen molar-refractivity contribution in [2.75, 3.05) is 5.73 Å². The van der Waals surface area contributed by atoms with Gasteiger partial charge in [-0.3, -0.25) is 0 Å². The minimum Gasteiger partial charge on any atom is -0.476 e. The van der Waals surface area contributed by atoms with Gasteiger partial charge in [0, 0.05) is 21.7 Å². The van der Waals surface area contributed by atoms with E-state index in [1.54, 1.807) is 17.1 Å². The molecule has 1 aromatic carbocycles. The van der Waals surface area contributed by atoms with Crippen LogP contribution in [-0.4, -0.2) is 16.1 Å². The predicted molar refractivity (Wildman–Crippen MR) is 74.2 cm³/mol. The van der Waals surface area contributed by atoms with Gasteiger partial charge in [-0.1, -0.05) is 0 Å². The van der Waals surface area contributed by atoms with Crippen LogP contribution in [0.25, 0.3) is 0 Å². The Balaban J connectivity index is 2.02. The molecule has 0 atom stereocenters. The molecule has 6 heteroatoms. The van der Waals surface area contributed by atoms with Crippen LogP contribution in [0.2, 0.25) is 0 Å². The van der Waals surface area contributed by atoms with Gasteiger partial charge >= 0.3 is 5.97 Å². The van der Waals surface area contributed by atoms with Gasteiger partial charge in [-0.25, -0.2) is 9.78 Å². The average molecular weight is 280 g/mol. The van der Waals surface area contributed by atoms with Crippen LogP contribution < -0.4 is 5.73 Å². The van der Waals surface area contributed by atoms with Gasteiger partial charge in [-0.05, 0) is 30.7 Å². The molecule has 0 aliphatic carbocycles. The van der Waals surface area contributed by atoms with E-state index < -0.39 is 5.97 Å². The van der Waals surface area contributed by atoms with E-state index in [1.807, 2.05) is 25.1 Å². The lowest BCUT2D eigenvalue weighted by Crippen LogP contribution is -1.95. The van der Waals surface area contributed by atoms with Gasteiger partial charge in [0.05, 0.1) is 5.69 Å². The Kier molecular flexibility index (Phi) is 3.88. The second-order valence-corrected chi connectivity index (χ2v) is 5.66. The first kappa shape index (κ1) is 12.9. The lowest BCUT2D eigenvalue weighted by atomic mass is 10.2. The number of rotatable bonds is 4. The van der Waals surface area contributed by atoms with E-state index >= 15 is 0 Å². The third kappa shape index (κ3) is 3.02. The van der Waals surface area contributed by atoms with E-state index in [0.717, 1.165) is 33.2 Å². The molecule has 0 amide bonds. The molecule has 18 heavy (non-hydrogen) atoms. The topological polar surface area (TPSA) is 76.2 Å². The number of carboxylic acid groups (broad SMARTS) is 1. The molecule has 2 rings (SSSR count). The maximum Gasteiger partial charge on any atom is 0.365 e. The third-order valence-electron chi connectivity index (χ3n) is 2.36. The van der Waals surface area contributed by atoms with E-state index in [2.05, 4.69) is 4.98 Å². The van der Waals surface area contributed by atoms with E-state index in [-0.39, 0.29) is 5.01 Å². The number of nitrogen functional groups attached to an aromatic ring is 1. The number of aromatic nitrogens is 1. The minimum atomic E-state index is -0.973. The molecule has 3 N–H and O–H groups in total. The highest BCUT2D eigenvalue weighted by molar-refractivity contribution is 7.98. The van der Waals surface area contributed by atoms with Crippen LogP contribution >= 0.6 is 23.1 Å². The maximum absolute atomic E-state index is 10.7. The molecule has 0 unspecified atom stereocenters. The first-order chi connectivity index (χ1) is 8.56. The largest absolute Gasteiger partial charge is 0.476 e. The Morgan fingerprint density at radius 2 is 2.33 bits per heavy atom. The molecule has 0 radical (unpaired) electrons. The zero-order chi connectivity index (χ0) is 13.1. The van der Waals surface area contributed by atoms with Gasteiger partial charge in [-0.15, -0.1) is 23.1 Å². The summed E-state index contributed by atoms with van der Waals surface area (Å²) >= 11 is 2.77. The van der Waals surface area contributed by atoms with Crippen LogP contribution in [0, 0.1) is 6.92 Å². The van der Waals surface area contributed by atoms with E-state index in [4.69, 9.17) is 10.8 Å². The smallest absolute Gasteiger partial charge is 0.365 e. The molecule has 2 aromatic rings. The van der Waals surface area contributed by atoms with Crippen molar-refractivity contribution in [2.45, 2.75) is 17.6 Å². The zero-order valence-electron chi connectivity index (χ0n) is 9.71. The summed E-state index contributed by atoms with van der Waals surface area (Å²) in [5.41, 5.74) is 8.36. The van der Waals surface area contributed by atoms with Gasteiger partial charge < -0.3 is 10.8 Å². The van der Waals surface area contributed by atoms with Crippen molar-refractivity contribution in [1.82, 2.24) is 4.98 Å². The van der Waals surface area contributed by atoms with Gasteiger partial charge in [0.25, 0.3) is 0 Å². The SMILES string of the molecule is Cc1cc(SCc2csc(C(=O)O)n2)ccc1N. The van der Waals surface area contributed by atoms with Crippen LogP contribution in [0.3, 0.4) is 0 Å². The number of thiazole rings is 1. The summed E-state index contributed by atoms with van der Waals surface area (Å²) in [6, 6.07) is 5.85. The lowest BCUT2D eigenvalue weighted by molar-refractivity contribution is 0.0696. The Labute approximate surface area is 113 Å². The van der Waals surface area contributed by atoms with Gasteiger partial charge in [-0.2, -0.15) is 0 Å². The number of thioether (sulfide) groups is 1. The second-order valence-electron chi connectivity index (χ2n) is 3.76. The van der Waals surface area contributed by atoms with Crippen molar-refractivity contribution < 1.29 is 9.90 Å². The van der Waals surface area contributed by atoms with Crippen LogP contribution in [-0.2, 0) is 5.75 Å². The number of carbonyl (C=O) groups is 1. The molecule has 0 aliphatic rings. The Bertz CT molecular complexity index is 581. The quantitative estimate of drug-likeness (QED) is 0.665. The summed E-state index contributed by atoms with van der Waals surface area (Å²) in [4.78, 5) is 15.8. The normalized spacial score (nSPS) is 10.5. The Hall–Kier alpha value is -1.53. The van der Waals surface area contributed by atoms with Crippen LogP contribution in [0.4, 0.5) is 5.69 Å². The molecule has 1 heterocycles. The van der Waals surface area contributed by atoms with Crippen molar-refractivity contribution in [2.24, 2.45) is 0 Å². The van der Waals surface area contributed by atoms with Crippen LogP contribution in [0.1, 0.15) is 21.1 Å². The summed E-state index contributed by atoms with van der Waals surface area (Å²) < 4.78 is 0. The summed E-state index contributed by atoms with van der Waals surface area (Å²) in [5.74, 6) is -0.313. The fraction of sp³-hybridized carbons (Fsp3) is 0.167. The number of nitrogens with zero attached hydrogens (tertiary/aromatic N) is 1. The lowest BCUT2D eigenvalue weighted by Gasteiger charge is -2.03. The van der Waals surface area contributed by atoms with E-state index in [0.29, 0.717) is 5.75 Å². The van der Waals surface area contributed by atoms with E-state index in [9.17, 15) is 4.79 Å². The molecular formula is C12H12N2O2S2. The van der Waals surface area contributed by atoms with Crippen molar-refractivity contribution in [3.63, 3.8) is 0 Å². The molecule has 0 bridgehead atoms. The molecule has 0 fully saturated rings. The van der Waals surface area contributed by atoms with E-state index in [1.165, 1.54) is 0 Å². The predicted octanol–water partition coefficient (Wildman–Crippen LogP) is 3.02. The second kappa shape index (κ2) is 5.41. The molecule has 0 spiro atoms. The highest BCUT2D eigenvalue weighted by Gasteiger charge is 2.09. The highest BCUT2D eigenvalue weighted by atomic mass is 32.2. The highest BCUT2D eigenvalue weighted by Crippen LogP contribution is 2.26. The standard InChI is InChI=1S/C12H12N2O2S2/c1-7-4-9(2-3-10(7)13)17-5-8-6-18-11(14-8)12(15)16/h2-4,6H,5,13H2,1H3,(H,15,16). The average Bonchev–Trinajstić information content (AvgIpc) is 2.79. The first-order valence-electron chi connectivity index (χ1n) is 5.23. The molecule has 1 aromatic heterocycles. The summed E-state index contributed by atoms with van der Waals surface area (Å²) in [6.45, 7) is 1.96. The van der Waals surface area contributed by atoms with Gasteiger partial charge in [0.1, 0.15) is 0 Å². The van der Waals surface area contributed by atoms with Crippen LogP contribution in [0.5, 0.6) is 0 Å². The minimum absolute atomic E-state index is 0.138. The summed E-state index contributed by atoms with van der Waals surface area (Å²) in [5, 5.41) is 10.7. The third-order valence-corrected chi connectivity index (χ3v) is 4.27. The first-order valence-corrected chi connectivity index (χ1v) is 7.09. The number of hydrogen-bond acceptors (Lipinski definition) is 5. The Morgan fingerprint density at radius 3 is 2.94 bits per heavy atom. The number of aryl methyl sites for hydroxylation is 1. The number of carboxylic acids is 1. The number of nitrogens with two attached hydrogens (primary N) is 1. The van der Waals surface area contributed by atoms with Crippen molar-refractivity contribution in [1.29, 1.82) is 0 Å². The summed E-state index contributed by atoms with van der Waals surface area (Å²) in [7, 11) is 0. The van der Waals surface area contributed by atoms with Crippen molar-refractivity contribution in [3.05, 3.63) is 39.8 Å². The number of hydrogen-bond donors (Lipinski definition) is 2. The van der Waals surface area contributed by atoms with Gasteiger partial charge in [0.2, 0.25) is 5.01 Å². The Morgan fingerprint density at radius 1 is 1.56 bits per heavy atom. The molecule has 0 aliphatic heterocycles. The number of benzene rings is 1. The van der Waals surface area contributed by atoms with Crippen molar-refractivity contribution >= 4 is 34.8 Å². The van der Waals surface area contributed by atoms with Crippen molar-refractivity contribution in [3.8, 4) is 0 Å². The molecule has 94 valence electrons. The number of anilines is 1. The fourth-order valence-electron chi connectivity index (χ4n) is 1.37. The summed E-state index contributed by atoms with van der Waals surface area (Å²) in [6.07, 6.45) is 0. The fourth-order valence-corrected chi connectivity index (χ4v) is 3.01. The van der Waals surface area contributed by atoms with Gasteiger partial charge in [0.15, 0.2) is 0 Å². The molecule has 0 saturated carbocycles. The zero-order valence-corrected chi connectivity index (χ0v) is 11.3. The molecular weight excluding hydrogens is 268 g/mol. The molecule has 4 nitrogen and oxygen atoms in total. The van der Waals surface area contributed by atoms with Crippen LogP contribution in [0.15, 0.2) is 28.5 Å². The number of aromatic carboxylic acids is 1. The molecule has 0 saturated heterocycles. The monoisotopic (exact) mass is 280 g/mol.